The van der Waals surface area contributed by atoms with E-state index >= 15 is 0 Å². The van der Waals surface area contributed by atoms with Crippen LogP contribution in [0.5, 0.6) is 0 Å². The topological polar surface area (TPSA) is 73.8 Å². The summed E-state index contributed by atoms with van der Waals surface area (Å²) in [5.74, 6) is 0.998. The number of benzene rings is 1. The van der Waals surface area contributed by atoms with Crippen LogP contribution in [0.4, 0.5) is 0 Å². The van der Waals surface area contributed by atoms with Crippen molar-refractivity contribution in [2.45, 2.75) is 30.8 Å². The number of nitrogens with zero attached hydrogens (tertiary/aromatic N) is 4. The van der Waals surface area contributed by atoms with Crippen LogP contribution in [0.3, 0.4) is 0 Å². The maximum Gasteiger partial charge on any atom is 0.272 e. The van der Waals surface area contributed by atoms with E-state index in [2.05, 4.69) is 15.2 Å². The van der Waals surface area contributed by atoms with E-state index in [4.69, 9.17) is 4.42 Å². The average molecular weight is 384 g/mol. The van der Waals surface area contributed by atoms with Gasteiger partial charge in [-0.3, -0.25) is 9.36 Å². The summed E-state index contributed by atoms with van der Waals surface area (Å²) in [5, 5.41) is 10.7. The van der Waals surface area contributed by atoms with Crippen molar-refractivity contribution in [3.63, 3.8) is 0 Å². The lowest BCUT2D eigenvalue weighted by Gasteiger charge is -2.12. The van der Waals surface area contributed by atoms with Crippen LogP contribution < -0.4 is 5.56 Å². The Morgan fingerprint density at radius 1 is 1.23 bits per heavy atom. The van der Waals surface area contributed by atoms with E-state index in [0.717, 1.165) is 11.1 Å². The first-order valence-corrected chi connectivity index (χ1v) is 9.97. The number of thioether (sulfide) groups is 1. The van der Waals surface area contributed by atoms with Gasteiger partial charge in [0.15, 0.2) is 5.16 Å². The van der Waals surface area contributed by atoms with Gasteiger partial charge in [0.05, 0.1) is 10.8 Å². The SMILES string of the molecule is CCn1c(SC(C)c2nnc(-c3ccccc3)o2)nc2ccsc2c1=O. The van der Waals surface area contributed by atoms with Gasteiger partial charge in [0, 0.05) is 12.1 Å². The Balaban J connectivity index is 1.64. The lowest BCUT2D eigenvalue weighted by atomic mass is 10.2. The molecule has 1 atom stereocenters. The van der Waals surface area contributed by atoms with Gasteiger partial charge in [-0.1, -0.05) is 30.0 Å². The first kappa shape index (κ1) is 17.0. The summed E-state index contributed by atoms with van der Waals surface area (Å²) in [6.07, 6.45) is 0. The summed E-state index contributed by atoms with van der Waals surface area (Å²) in [6, 6.07) is 11.5. The van der Waals surface area contributed by atoms with E-state index in [9.17, 15) is 4.79 Å². The number of thiophene rings is 1. The fourth-order valence-electron chi connectivity index (χ4n) is 2.60. The van der Waals surface area contributed by atoms with E-state index in [1.807, 2.05) is 55.6 Å². The van der Waals surface area contributed by atoms with Crippen molar-refractivity contribution in [2.75, 3.05) is 0 Å². The molecule has 1 unspecified atom stereocenters. The van der Waals surface area contributed by atoms with Crippen LogP contribution in [0.2, 0.25) is 0 Å². The van der Waals surface area contributed by atoms with E-state index in [0.29, 0.717) is 28.2 Å². The molecular weight excluding hydrogens is 368 g/mol. The van der Waals surface area contributed by atoms with E-state index in [1.165, 1.54) is 23.1 Å². The van der Waals surface area contributed by atoms with Crippen LogP contribution >= 0.6 is 23.1 Å². The molecule has 1 aromatic carbocycles. The minimum Gasteiger partial charge on any atom is -0.419 e. The number of hydrogen-bond acceptors (Lipinski definition) is 7. The third kappa shape index (κ3) is 3.06. The molecule has 0 saturated carbocycles. The molecule has 0 spiro atoms. The molecule has 0 amide bonds. The lowest BCUT2D eigenvalue weighted by molar-refractivity contribution is 0.508. The molecule has 0 aliphatic rings. The summed E-state index contributed by atoms with van der Waals surface area (Å²) in [4.78, 5) is 17.3. The predicted molar refractivity (Wildman–Crippen MR) is 104 cm³/mol. The molecule has 3 aromatic heterocycles. The molecule has 6 nitrogen and oxygen atoms in total. The Morgan fingerprint density at radius 3 is 2.81 bits per heavy atom. The summed E-state index contributed by atoms with van der Waals surface area (Å²) in [5.41, 5.74) is 1.61. The van der Waals surface area contributed by atoms with Gasteiger partial charge in [0.2, 0.25) is 11.8 Å². The van der Waals surface area contributed by atoms with Crippen molar-refractivity contribution in [1.29, 1.82) is 0 Å². The van der Waals surface area contributed by atoms with Crippen LogP contribution in [0.25, 0.3) is 21.7 Å². The maximum absolute atomic E-state index is 12.6. The first-order valence-electron chi connectivity index (χ1n) is 8.21. The Bertz CT molecular complexity index is 1100. The Kier molecular flexibility index (Phi) is 4.60. The zero-order valence-electron chi connectivity index (χ0n) is 14.2. The molecular formula is C18H16N4O2S2. The molecule has 0 aliphatic heterocycles. The average Bonchev–Trinajstić information content (AvgIpc) is 3.32. The van der Waals surface area contributed by atoms with Gasteiger partial charge in [-0.15, -0.1) is 21.5 Å². The fourth-order valence-corrected chi connectivity index (χ4v) is 4.38. The van der Waals surface area contributed by atoms with Crippen molar-refractivity contribution < 1.29 is 4.42 Å². The number of hydrogen-bond donors (Lipinski definition) is 0. The summed E-state index contributed by atoms with van der Waals surface area (Å²) >= 11 is 2.87. The number of aromatic nitrogens is 4. The predicted octanol–water partition coefficient (Wildman–Crippen LogP) is 4.38. The number of fused-ring (bicyclic) bond motifs is 1. The molecule has 4 rings (SSSR count). The third-order valence-electron chi connectivity index (χ3n) is 3.94. The molecule has 3 heterocycles. The molecule has 0 N–H and O–H groups in total. The van der Waals surface area contributed by atoms with E-state index < -0.39 is 0 Å². The monoisotopic (exact) mass is 384 g/mol. The standard InChI is InChI=1S/C18H16N4O2S2/c1-3-22-17(23)14-13(9-10-25-14)19-18(22)26-11(2)15-20-21-16(24-15)12-7-5-4-6-8-12/h4-11H,3H2,1-2H3. The molecule has 8 heteroatoms. The second-order valence-electron chi connectivity index (χ2n) is 5.65. The van der Waals surface area contributed by atoms with Gasteiger partial charge in [0.25, 0.3) is 5.56 Å². The van der Waals surface area contributed by atoms with Gasteiger partial charge in [-0.05, 0) is 37.4 Å². The second-order valence-corrected chi connectivity index (χ2v) is 7.87. The van der Waals surface area contributed by atoms with Crippen molar-refractivity contribution in [3.05, 3.63) is 58.0 Å². The Hall–Kier alpha value is -2.45. The van der Waals surface area contributed by atoms with Crippen molar-refractivity contribution in [2.24, 2.45) is 0 Å². The fraction of sp³-hybridized carbons (Fsp3) is 0.222. The van der Waals surface area contributed by atoms with Crippen LogP contribution in [0.15, 0.2) is 56.1 Å². The van der Waals surface area contributed by atoms with Crippen LogP contribution in [0, 0.1) is 0 Å². The van der Waals surface area contributed by atoms with Gasteiger partial charge < -0.3 is 4.42 Å². The molecule has 4 aromatic rings. The van der Waals surface area contributed by atoms with Gasteiger partial charge in [-0.25, -0.2) is 4.98 Å². The Morgan fingerprint density at radius 2 is 2.04 bits per heavy atom. The van der Waals surface area contributed by atoms with Crippen molar-refractivity contribution in [1.82, 2.24) is 19.7 Å². The van der Waals surface area contributed by atoms with E-state index in [1.54, 1.807) is 4.57 Å². The summed E-state index contributed by atoms with van der Waals surface area (Å²) in [6.45, 7) is 4.47. The molecule has 0 saturated heterocycles. The smallest absolute Gasteiger partial charge is 0.272 e. The lowest BCUT2D eigenvalue weighted by Crippen LogP contribution is -2.21. The third-order valence-corrected chi connectivity index (χ3v) is 5.91. The molecule has 0 radical (unpaired) electrons. The van der Waals surface area contributed by atoms with Gasteiger partial charge in [0.1, 0.15) is 4.70 Å². The van der Waals surface area contributed by atoms with Crippen LogP contribution in [0.1, 0.15) is 25.0 Å². The minimum absolute atomic E-state index is 0.00213. The Labute approximate surface area is 157 Å². The highest BCUT2D eigenvalue weighted by Gasteiger charge is 2.20. The molecule has 0 bridgehead atoms. The first-order chi connectivity index (χ1) is 12.7. The highest BCUT2D eigenvalue weighted by atomic mass is 32.2. The zero-order chi connectivity index (χ0) is 18.1. The summed E-state index contributed by atoms with van der Waals surface area (Å²) < 4.78 is 8.20. The molecule has 0 aliphatic carbocycles. The largest absolute Gasteiger partial charge is 0.419 e. The van der Waals surface area contributed by atoms with Crippen molar-refractivity contribution >= 4 is 33.3 Å². The quantitative estimate of drug-likeness (QED) is 0.375. The minimum atomic E-state index is -0.124. The normalized spacial score (nSPS) is 12.5. The maximum atomic E-state index is 12.6. The van der Waals surface area contributed by atoms with Gasteiger partial charge >= 0.3 is 0 Å². The molecule has 26 heavy (non-hydrogen) atoms. The molecule has 0 fully saturated rings. The summed E-state index contributed by atoms with van der Waals surface area (Å²) in [7, 11) is 0. The second kappa shape index (κ2) is 7.05. The molecule has 132 valence electrons. The van der Waals surface area contributed by atoms with Crippen LogP contribution in [-0.2, 0) is 6.54 Å². The number of rotatable bonds is 5. The zero-order valence-corrected chi connectivity index (χ0v) is 15.9. The van der Waals surface area contributed by atoms with Crippen LogP contribution in [-0.4, -0.2) is 19.7 Å². The highest BCUT2D eigenvalue weighted by molar-refractivity contribution is 7.99. The highest BCUT2D eigenvalue weighted by Crippen LogP contribution is 2.34. The van der Waals surface area contributed by atoms with Crippen molar-refractivity contribution in [3.8, 4) is 11.5 Å². The van der Waals surface area contributed by atoms with Gasteiger partial charge in [-0.2, -0.15) is 0 Å². The van der Waals surface area contributed by atoms with E-state index in [-0.39, 0.29) is 10.8 Å².